The number of benzene rings is 1. The first kappa shape index (κ1) is 28.1. The van der Waals surface area contributed by atoms with Crippen LogP contribution in [0.5, 0.6) is 0 Å². The Morgan fingerprint density at radius 1 is 1.20 bits per heavy atom. The summed E-state index contributed by atoms with van der Waals surface area (Å²) in [5.74, 6) is 0. The predicted octanol–water partition coefficient (Wildman–Crippen LogP) is 5.48. The molecule has 1 aromatic carbocycles. The number of piperidine rings is 1. The fourth-order valence-electron chi connectivity index (χ4n) is 4.48. The van der Waals surface area contributed by atoms with Crippen molar-refractivity contribution in [2.75, 3.05) is 37.6 Å². The Labute approximate surface area is 213 Å². The van der Waals surface area contributed by atoms with E-state index in [2.05, 4.69) is 17.0 Å². The van der Waals surface area contributed by atoms with Gasteiger partial charge in [-0.1, -0.05) is 17.7 Å². The van der Waals surface area contributed by atoms with Gasteiger partial charge in [-0.3, -0.25) is 4.68 Å². The average Bonchev–Trinajstić information content (AvgIpc) is 3.01. The van der Waals surface area contributed by atoms with Crippen LogP contribution in [-0.4, -0.2) is 64.8 Å². The fourth-order valence-corrected chi connectivity index (χ4v) is 6.48. The Hall–Kier alpha value is -1.46. The molecule has 1 aliphatic rings. The molecule has 1 aromatic heterocycles. The normalized spacial score (nSPS) is 16.6. The van der Waals surface area contributed by atoms with Crippen LogP contribution in [0.1, 0.15) is 41.8 Å². The van der Waals surface area contributed by atoms with Crippen LogP contribution >= 0.6 is 11.6 Å². The summed E-state index contributed by atoms with van der Waals surface area (Å²) in [5.41, 5.74) is 2.84. The maximum absolute atomic E-state index is 13.5. The molecule has 1 fully saturated rings. The number of anilines is 1. The number of hydrogen-bond acceptors (Lipinski definition) is 5. The maximum atomic E-state index is 13.5. The van der Waals surface area contributed by atoms with Gasteiger partial charge in [-0.2, -0.15) is 22.8 Å². The summed E-state index contributed by atoms with van der Waals surface area (Å²) in [4.78, 5) is 2.60. The van der Waals surface area contributed by atoms with Crippen LogP contribution in [0.3, 0.4) is 0 Å². The van der Waals surface area contributed by atoms with Gasteiger partial charge in [-0.05, 0) is 65.1 Å². The summed E-state index contributed by atoms with van der Waals surface area (Å²) in [6.45, 7) is 6.52. The lowest BCUT2D eigenvalue weighted by Crippen LogP contribution is -2.40. The molecule has 1 saturated heterocycles. The van der Waals surface area contributed by atoms with Crippen molar-refractivity contribution in [2.24, 2.45) is 7.05 Å². The van der Waals surface area contributed by atoms with Gasteiger partial charge >= 0.3 is 17.5 Å². The van der Waals surface area contributed by atoms with Crippen LogP contribution in [0.4, 0.5) is 18.9 Å². The van der Waals surface area contributed by atoms with Gasteiger partial charge < -0.3 is 9.64 Å². The number of ether oxygens (including phenoxy) is 1. The predicted molar refractivity (Wildman–Crippen MR) is 135 cm³/mol. The number of aryl methyl sites for hydroxylation is 4. The van der Waals surface area contributed by atoms with Crippen molar-refractivity contribution >= 4 is 28.7 Å². The molecule has 1 unspecified atom stereocenters. The highest BCUT2D eigenvalue weighted by Gasteiger charge is 2.45. The zero-order valence-corrected chi connectivity index (χ0v) is 22.5. The third-order valence-corrected chi connectivity index (χ3v) is 8.40. The van der Waals surface area contributed by atoms with Crippen molar-refractivity contribution in [3.05, 3.63) is 39.7 Å². The van der Waals surface area contributed by atoms with Crippen molar-refractivity contribution in [1.82, 2.24) is 14.7 Å². The molecular weight excluding hydrogens is 501 g/mol. The van der Waals surface area contributed by atoms with Gasteiger partial charge in [-0.25, -0.2) is 0 Å². The van der Waals surface area contributed by atoms with Crippen LogP contribution < -0.4 is 4.31 Å². The molecule has 0 radical (unpaired) electrons. The highest BCUT2D eigenvalue weighted by Crippen LogP contribution is 2.37. The minimum atomic E-state index is -4.52. The monoisotopic (exact) mass is 535 g/mol. The van der Waals surface area contributed by atoms with Gasteiger partial charge in [-0.15, -0.1) is 4.31 Å². The lowest BCUT2D eigenvalue weighted by atomic mass is 10.1. The number of alkyl halides is 3. The number of halogens is 4. The van der Waals surface area contributed by atoms with E-state index >= 15 is 0 Å². The van der Waals surface area contributed by atoms with Crippen molar-refractivity contribution in [1.29, 1.82) is 0 Å². The SMILES string of the molecule is Cc1cc(CCCOC2CCN(C)CC2)cc(Cl)c1[S+](O)N(CC(F)(F)F)c1c(C)nn(C)c1C. The van der Waals surface area contributed by atoms with E-state index in [1.54, 1.807) is 33.9 Å². The Morgan fingerprint density at radius 3 is 2.40 bits per heavy atom. The third kappa shape index (κ3) is 7.29. The molecule has 0 amide bonds. The summed E-state index contributed by atoms with van der Waals surface area (Å²) in [6.07, 6.45) is -0.579. The fraction of sp³-hybridized carbons (Fsp3) is 0.625. The van der Waals surface area contributed by atoms with Crippen molar-refractivity contribution in [3.8, 4) is 0 Å². The van der Waals surface area contributed by atoms with E-state index in [9.17, 15) is 17.7 Å². The lowest BCUT2D eigenvalue weighted by Gasteiger charge is -2.28. The minimum absolute atomic E-state index is 0.258. The molecule has 2 aromatic rings. The molecule has 196 valence electrons. The zero-order chi connectivity index (χ0) is 25.9. The Bertz CT molecular complexity index is 986. The summed E-state index contributed by atoms with van der Waals surface area (Å²) in [5, 5.41) is 4.49. The van der Waals surface area contributed by atoms with E-state index < -0.39 is 24.1 Å². The van der Waals surface area contributed by atoms with Crippen LogP contribution in [0.25, 0.3) is 0 Å². The van der Waals surface area contributed by atoms with Crippen LogP contribution in [0.2, 0.25) is 5.02 Å². The van der Waals surface area contributed by atoms with E-state index in [4.69, 9.17) is 16.3 Å². The number of rotatable bonds is 9. The Balaban J connectivity index is 1.73. The van der Waals surface area contributed by atoms with Gasteiger partial charge in [0, 0.05) is 32.3 Å². The third-order valence-electron chi connectivity index (χ3n) is 6.35. The molecule has 0 spiro atoms. The second kappa shape index (κ2) is 11.7. The highest BCUT2D eigenvalue weighted by molar-refractivity contribution is 7.93. The first-order valence-electron chi connectivity index (χ1n) is 11.7. The molecule has 35 heavy (non-hydrogen) atoms. The molecule has 2 heterocycles. The molecule has 0 aliphatic carbocycles. The maximum Gasteiger partial charge on any atom is 0.410 e. The molecule has 1 N–H and O–H groups in total. The van der Waals surface area contributed by atoms with Crippen LogP contribution in [0, 0.1) is 20.8 Å². The molecule has 1 atom stereocenters. The molecule has 6 nitrogen and oxygen atoms in total. The van der Waals surface area contributed by atoms with Gasteiger partial charge in [0.2, 0.25) is 4.90 Å². The second-order valence-corrected chi connectivity index (χ2v) is 11.0. The molecular formula is C24H35ClF3N4O2S+. The highest BCUT2D eigenvalue weighted by atomic mass is 35.5. The summed E-state index contributed by atoms with van der Waals surface area (Å²) >= 11 is 4.63. The summed E-state index contributed by atoms with van der Waals surface area (Å²) in [6, 6.07) is 3.63. The van der Waals surface area contributed by atoms with Crippen LogP contribution in [0.15, 0.2) is 17.0 Å². The first-order chi connectivity index (χ1) is 16.4. The van der Waals surface area contributed by atoms with E-state index in [1.807, 2.05) is 6.07 Å². The zero-order valence-electron chi connectivity index (χ0n) is 21.0. The average molecular weight is 536 g/mol. The molecule has 0 saturated carbocycles. The number of likely N-dealkylation sites (tertiary alicyclic amines) is 1. The molecule has 11 heteroatoms. The number of hydrogen-bond donors (Lipinski definition) is 1. The largest absolute Gasteiger partial charge is 0.410 e. The Kier molecular flexibility index (Phi) is 9.42. The van der Waals surface area contributed by atoms with E-state index in [-0.39, 0.29) is 10.7 Å². The van der Waals surface area contributed by atoms with Gasteiger partial charge in [0.05, 0.1) is 17.5 Å². The van der Waals surface area contributed by atoms with Crippen molar-refractivity contribution in [2.45, 2.75) is 63.6 Å². The smallest absolute Gasteiger partial charge is 0.378 e. The quantitative estimate of drug-likeness (QED) is 0.340. The van der Waals surface area contributed by atoms with Crippen LogP contribution in [-0.2, 0) is 29.6 Å². The summed E-state index contributed by atoms with van der Waals surface area (Å²) < 4.78 is 60.2. The van der Waals surface area contributed by atoms with E-state index in [1.165, 1.54) is 4.68 Å². The van der Waals surface area contributed by atoms with Crippen molar-refractivity contribution < 1.29 is 22.5 Å². The van der Waals surface area contributed by atoms with Gasteiger partial charge in [0.25, 0.3) is 0 Å². The minimum Gasteiger partial charge on any atom is -0.378 e. The summed E-state index contributed by atoms with van der Waals surface area (Å²) in [7, 11) is 3.78. The molecule has 0 bridgehead atoms. The second-order valence-electron chi connectivity index (χ2n) is 9.26. The van der Waals surface area contributed by atoms with Gasteiger partial charge in [0.15, 0.2) is 6.54 Å². The topological polar surface area (TPSA) is 53.8 Å². The van der Waals surface area contributed by atoms with Crippen molar-refractivity contribution in [3.63, 3.8) is 0 Å². The molecule has 1 aliphatic heterocycles. The van der Waals surface area contributed by atoms with E-state index in [0.717, 1.165) is 48.6 Å². The lowest BCUT2D eigenvalue weighted by molar-refractivity contribution is -0.117. The van der Waals surface area contributed by atoms with Gasteiger partial charge in [0.1, 0.15) is 10.7 Å². The number of aromatic nitrogens is 2. The standard InChI is InChI=1S/C24H35ClF3N4O2S/c1-16-13-19(7-6-12-34-20-8-10-30(4)11-9-20)14-21(25)23(16)35(33)32(15-24(26,27)28)22-17(2)29-31(5)18(22)3/h13-14,20,33H,6-12,15H2,1-5H3/q+1. The number of nitrogens with zero attached hydrogens (tertiary/aromatic N) is 4. The molecule has 3 rings (SSSR count). The first-order valence-corrected chi connectivity index (χ1v) is 13.3. The van der Waals surface area contributed by atoms with E-state index in [0.29, 0.717) is 34.6 Å². The Morgan fingerprint density at radius 2 is 1.86 bits per heavy atom.